The molecule has 3 nitrogen and oxygen atoms in total. The SMILES string of the molecule is CCc1cccc2c(C(=O)O)cc(C)nc12. The molecule has 0 saturated carbocycles. The molecule has 0 amide bonds. The Hall–Kier alpha value is -1.90. The zero-order chi connectivity index (χ0) is 11.7. The van der Waals surface area contributed by atoms with Crippen LogP contribution in [0.15, 0.2) is 24.3 Å². The standard InChI is InChI=1S/C13H13NO2/c1-3-9-5-4-6-10-11(13(15)16)7-8(2)14-12(9)10/h4-7H,3H2,1-2H3,(H,15,16). The fourth-order valence-electron chi connectivity index (χ4n) is 1.90. The number of carboxylic acid groups (broad SMARTS) is 1. The van der Waals surface area contributed by atoms with Crippen molar-refractivity contribution < 1.29 is 9.90 Å². The molecule has 1 heterocycles. The van der Waals surface area contributed by atoms with Crippen LogP contribution in [0.3, 0.4) is 0 Å². The number of hydrogen-bond donors (Lipinski definition) is 1. The van der Waals surface area contributed by atoms with Crippen LogP contribution in [0.25, 0.3) is 10.9 Å². The fourth-order valence-corrected chi connectivity index (χ4v) is 1.90. The zero-order valence-corrected chi connectivity index (χ0v) is 9.32. The molecule has 1 N–H and O–H groups in total. The smallest absolute Gasteiger partial charge is 0.336 e. The Labute approximate surface area is 93.7 Å². The molecule has 0 atom stereocenters. The third-order valence-electron chi connectivity index (χ3n) is 2.66. The summed E-state index contributed by atoms with van der Waals surface area (Å²) in [5, 5.41) is 9.86. The highest BCUT2D eigenvalue weighted by Gasteiger charge is 2.11. The summed E-state index contributed by atoms with van der Waals surface area (Å²) in [6.45, 7) is 3.86. The van der Waals surface area contributed by atoms with Crippen molar-refractivity contribution >= 4 is 16.9 Å². The van der Waals surface area contributed by atoms with Gasteiger partial charge in [-0.1, -0.05) is 25.1 Å². The van der Waals surface area contributed by atoms with Gasteiger partial charge in [-0.15, -0.1) is 0 Å². The summed E-state index contributed by atoms with van der Waals surface area (Å²) in [6.07, 6.45) is 0.854. The van der Waals surface area contributed by atoms with Crippen LogP contribution in [0.5, 0.6) is 0 Å². The molecule has 0 fully saturated rings. The summed E-state index contributed by atoms with van der Waals surface area (Å²) < 4.78 is 0. The molecule has 2 aromatic rings. The van der Waals surface area contributed by atoms with Gasteiger partial charge in [0, 0.05) is 11.1 Å². The van der Waals surface area contributed by atoms with Gasteiger partial charge in [-0.25, -0.2) is 4.79 Å². The summed E-state index contributed by atoms with van der Waals surface area (Å²) in [4.78, 5) is 15.6. The maximum absolute atomic E-state index is 11.1. The Bertz CT molecular complexity index is 561. The summed E-state index contributed by atoms with van der Waals surface area (Å²) in [7, 11) is 0. The molecule has 0 bridgehead atoms. The van der Waals surface area contributed by atoms with Gasteiger partial charge in [0.1, 0.15) is 0 Å². The molecule has 0 saturated heterocycles. The van der Waals surface area contributed by atoms with Gasteiger partial charge >= 0.3 is 5.97 Å². The van der Waals surface area contributed by atoms with E-state index in [4.69, 9.17) is 5.11 Å². The molecular weight excluding hydrogens is 202 g/mol. The highest BCUT2D eigenvalue weighted by molar-refractivity contribution is 6.03. The van der Waals surface area contributed by atoms with Crippen molar-refractivity contribution in [3.05, 3.63) is 41.1 Å². The predicted octanol–water partition coefficient (Wildman–Crippen LogP) is 2.80. The van der Waals surface area contributed by atoms with E-state index in [2.05, 4.69) is 4.98 Å². The first-order valence-corrected chi connectivity index (χ1v) is 5.26. The molecular formula is C13H13NO2. The van der Waals surface area contributed by atoms with Crippen LogP contribution >= 0.6 is 0 Å². The molecule has 0 unspecified atom stereocenters. The minimum absolute atomic E-state index is 0.331. The van der Waals surface area contributed by atoms with Gasteiger partial charge in [-0.2, -0.15) is 0 Å². The number of nitrogens with zero attached hydrogens (tertiary/aromatic N) is 1. The third kappa shape index (κ3) is 1.65. The average Bonchev–Trinajstić information content (AvgIpc) is 2.27. The normalized spacial score (nSPS) is 10.6. The first-order chi connectivity index (χ1) is 7.63. The first kappa shape index (κ1) is 10.6. The number of para-hydroxylation sites is 1. The van der Waals surface area contributed by atoms with Gasteiger partial charge < -0.3 is 5.11 Å². The van der Waals surface area contributed by atoms with Gasteiger partial charge in [0.25, 0.3) is 0 Å². The van der Waals surface area contributed by atoms with E-state index in [1.807, 2.05) is 32.0 Å². The molecule has 16 heavy (non-hydrogen) atoms. The molecule has 0 radical (unpaired) electrons. The number of aryl methyl sites for hydroxylation is 2. The number of aromatic nitrogens is 1. The fraction of sp³-hybridized carbons (Fsp3) is 0.231. The lowest BCUT2D eigenvalue weighted by Crippen LogP contribution is -2.01. The maximum Gasteiger partial charge on any atom is 0.336 e. The molecule has 0 spiro atoms. The monoisotopic (exact) mass is 215 g/mol. The predicted molar refractivity (Wildman–Crippen MR) is 62.8 cm³/mol. The lowest BCUT2D eigenvalue weighted by atomic mass is 10.0. The number of carboxylic acids is 1. The van der Waals surface area contributed by atoms with E-state index in [9.17, 15) is 4.79 Å². The quantitative estimate of drug-likeness (QED) is 0.838. The van der Waals surface area contributed by atoms with Crippen molar-refractivity contribution in [2.45, 2.75) is 20.3 Å². The van der Waals surface area contributed by atoms with E-state index in [0.717, 1.165) is 28.6 Å². The van der Waals surface area contributed by atoms with Crippen molar-refractivity contribution in [1.29, 1.82) is 0 Å². The first-order valence-electron chi connectivity index (χ1n) is 5.26. The van der Waals surface area contributed by atoms with E-state index in [1.54, 1.807) is 6.07 Å². The summed E-state index contributed by atoms with van der Waals surface area (Å²) in [6, 6.07) is 7.29. The van der Waals surface area contributed by atoms with Crippen LogP contribution in [0, 0.1) is 6.92 Å². The number of aromatic carboxylic acids is 1. The lowest BCUT2D eigenvalue weighted by Gasteiger charge is -2.07. The maximum atomic E-state index is 11.1. The van der Waals surface area contributed by atoms with Crippen LogP contribution in [-0.2, 0) is 6.42 Å². The molecule has 1 aromatic heterocycles. The van der Waals surface area contributed by atoms with Crippen LogP contribution in [0.4, 0.5) is 0 Å². The highest BCUT2D eigenvalue weighted by Crippen LogP contribution is 2.22. The number of hydrogen-bond acceptors (Lipinski definition) is 2. The van der Waals surface area contributed by atoms with Crippen molar-refractivity contribution in [2.24, 2.45) is 0 Å². The largest absolute Gasteiger partial charge is 0.478 e. The molecule has 0 aliphatic carbocycles. The van der Waals surface area contributed by atoms with Crippen molar-refractivity contribution in [3.63, 3.8) is 0 Å². The summed E-state index contributed by atoms with van der Waals surface area (Å²) >= 11 is 0. The van der Waals surface area contributed by atoms with Crippen LogP contribution in [0.2, 0.25) is 0 Å². The highest BCUT2D eigenvalue weighted by atomic mass is 16.4. The third-order valence-corrected chi connectivity index (χ3v) is 2.66. The molecule has 1 aromatic carbocycles. The summed E-state index contributed by atoms with van der Waals surface area (Å²) in [5.41, 5.74) is 2.97. The Morgan fingerprint density at radius 3 is 2.81 bits per heavy atom. The second kappa shape index (κ2) is 3.93. The Kier molecular flexibility index (Phi) is 2.60. The minimum Gasteiger partial charge on any atom is -0.478 e. The second-order valence-electron chi connectivity index (χ2n) is 3.78. The topological polar surface area (TPSA) is 50.2 Å². The van der Waals surface area contributed by atoms with Crippen molar-refractivity contribution in [2.75, 3.05) is 0 Å². The molecule has 82 valence electrons. The summed E-state index contributed by atoms with van der Waals surface area (Å²) in [5.74, 6) is -0.899. The Morgan fingerprint density at radius 1 is 1.44 bits per heavy atom. The van der Waals surface area contributed by atoms with E-state index >= 15 is 0 Å². The van der Waals surface area contributed by atoms with Crippen LogP contribution < -0.4 is 0 Å². The zero-order valence-electron chi connectivity index (χ0n) is 9.32. The van der Waals surface area contributed by atoms with Crippen molar-refractivity contribution in [1.82, 2.24) is 4.98 Å². The molecule has 3 heteroatoms. The van der Waals surface area contributed by atoms with Crippen molar-refractivity contribution in [3.8, 4) is 0 Å². The number of pyridine rings is 1. The van der Waals surface area contributed by atoms with Gasteiger partial charge in [0.2, 0.25) is 0 Å². The van der Waals surface area contributed by atoms with E-state index in [-0.39, 0.29) is 0 Å². The molecule has 0 aliphatic rings. The van der Waals surface area contributed by atoms with Gasteiger partial charge in [0.15, 0.2) is 0 Å². The number of carbonyl (C=O) groups is 1. The number of rotatable bonds is 2. The van der Waals surface area contributed by atoms with Gasteiger partial charge in [-0.05, 0) is 25.0 Å². The van der Waals surface area contributed by atoms with E-state index < -0.39 is 5.97 Å². The second-order valence-corrected chi connectivity index (χ2v) is 3.78. The van der Waals surface area contributed by atoms with Gasteiger partial charge in [0.05, 0.1) is 11.1 Å². The number of fused-ring (bicyclic) bond motifs is 1. The molecule has 0 aliphatic heterocycles. The average molecular weight is 215 g/mol. The van der Waals surface area contributed by atoms with E-state index in [1.165, 1.54) is 0 Å². The van der Waals surface area contributed by atoms with Crippen LogP contribution in [0.1, 0.15) is 28.5 Å². The van der Waals surface area contributed by atoms with Crippen LogP contribution in [-0.4, -0.2) is 16.1 Å². The van der Waals surface area contributed by atoms with E-state index in [0.29, 0.717) is 5.56 Å². The molecule has 2 rings (SSSR count). The Balaban J connectivity index is 2.88. The Morgan fingerprint density at radius 2 is 2.19 bits per heavy atom. The minimum atomic E-state index is -0.899. The number of benzene rings is 1. The lowest BCUT2D eigenvalue weighted by molar-refractivity contribution is 0.0699. The van der Waals surface area contributed by atoms with Gasteiger partial charge in [-0.3, -0.25) is 4.98 Å².